The van der Waals surface area contributed by atoms with Crippen LogP contribution < -0.4 is 4.90 Å². The molecule has 1 saturated heterocycles. The summed E-state index contributed by atoms with van der Waals surface area (Å²) in [6.45, 7) is 8.46. The Morgan fingerprint density at radius 2 is 1.93 bits per heavy atom. The first-order valence-corrected chi connectivity index (χ1v) is 9.33. The number of hydrogen-bond donors (Lipinski definition) is 0. The maximum Gasteiger partial charge on any atom is 0.207 e. The van der Waals surface area contributed by atoms with Crippen molar-refractivity contribution in [3.05, 3.63) is 65.9 Å². The summed E-state index contributed by atoms with van der Waals surface area (Å²) in [6, 6.07) is 5.46. The van der Waals surface area contributed by atoms with Crippen molar-refractivity contribution in [3.8, 4) is 0 Å². The average molecular weight is 395 g/mol. The predicted octanol–water partition coefficient (Wildman–Crippen LogP) is 3.29. The van der Waals surface area contributed by atoms with Gasteiger partial charge in [0.05, 0.1) is 50.4 Å². The molecule has 152 valence electrons. The maximum absolute atomic E-state index is 12.9. The van der Waals surface area contributed by atoms with Crippen LogP contribution >= 0.6 is 0 Å². The quantitative estimate of drug-likeness (QED) is 0.308. The molecule has 29 heavy (non-hydrogen) atoms. The minimum atomic E-state index is -0.186. The molecule has 0 atom stereocenters. The molecule has 0 aromatic carbocycles. The van der Waals surface area contributed by atoms with E-state index in [1.165, 1.54) is 14.2 Å². The van der Waals surface area contributed by atoms with Crippen molar-refractivity contribution < 1.29 is 19.0 Å². The molecule has 0 N–H and O–H groups in total. The van der Waals surface area contributed by atoms with Gasteiger partial charge in [-0.2, -0.15) is 0 Å². The second-order valence-electron chi connectivity index (χ2n) is 6.61. The Labute approximate surface area is 170 Å². The number of aromatic nitrogens is 2. The molecule has 1 aliphatic heterocycles. The topological polar surface area (TPSA) is 73.8 Å². The zero-order chi connectivity index (χ0) is 20.8. The van der Waals surface area contributed by atoms with Crippen molar-refractivity contribution in [1.29, 1.82) is 0 Å². The van der Waals surface area contributed by atoms with Gasteiger partial charge in [-0.15, -0.1) is 0 Å². The van der Waals surface area contributed by atoms with Gasteiger partial charge in [0.2, 0.25) is 5.78 Å². The maximum atomic E-state index is 12.9. The number of morpholine rings is 1. The minimum absolute atomic E-state index is 0.186. The highest BCUT2D eigenvalue weighted by Gasteiger charge is 2.15. The summed E-state index contributed by atoms with van der Waals surface area (Å²) in [5.41, 5.74) is 3.25. The van der Waals surface area contributed by atoms with E-state index in [4.69, 9.17) is 14.2 Å². The molecule has 0 spiro atoms. The van der Waals surface area contributed by atoms with Gasteiger partial charge in [0.15, 0.2) is 0 Å². The number of carbonyl (C=O) groups excluding carboxylic acids is 1. The molecule has 1 fully saturated rings. The molecular weight excluding hydrogens is 370 g/mol. The van der Waals surface area contributed by atoms with Crippen LogP contribution in [0.15, 0.2) is 60.2 Å². The summed E-state index contributed by atoms with van der Waals surface area (Å²) in [5.74, 6) is 0.721. The fourth-order valence-corrected chi connectivity index (χ4v) is 2.97. The lowest BCUT2D eigenvalue weighted by molar-refractivity contribution is 0.102. The van der Waals surface area contributed by atoms with E-state index in [0.29, 0.717) is 41.5 Å². The number of allylic oxidation sites excluding steroid dienone is 3. The van der Waals surface area contributed by atoms with Crippen molar-refractivity contribution >= 4 is 22.5 Å². The number of hydrogen-bond acceptors (Lipinski definition) is 7. The summed E-state index contributed by atoms with van der Waals surface area (Å²) in [4.78, 5) is 24.1. The summed E-state index contributed by atoms with van der Waals surface area (Å²) in [6.07, 6.45) is 5.09. The molecule has 2 aromatic rings. The van der Waals surface area contributed by atoms with Crippen LogP contribution in [0.25, 0.3) is 11.0 Å². The molecule has 0 bridgehead atoms. The summed E-state index contributed by atoms with van der Waals surface area (Å²) in [7, 11) is 3.04. The highest BCUT2D eigenvalue weighted by molar-refractivity contribution is 6.08. The molecule has 3 rings (SSSR count). The number of Topliss-reactive ketones (excluding diaryl/α,β-unsaturated/α-hetero) is 1. The largest absolute Gasteiger partial charge is 0.497 e. The van der Waals surface area contributed by atoms with Crippen LogP contribution in [0.5, 0.6) is 0 Å². The highest BCUT2D eigenvalue weighted by atomic mass is 16.5. The van der Waals surface area contributed by atoms with Gasteiger partial charge in [-0.3, -0.25) is 9.78 Å². The molecule has 0 amide bonds. The van der Waals surface area contributed by atoms with Crippen LogP contribution in [-0.2, 0) is 14.2 Å². The average Bonchev–Trinajstić information content (AvgIpc) is 2.77. The number of anilines is 1. The lowest BCUT2D eigenvalue weighted by Gasteiger charge is -2.28. The molecular formula is C22H25N3O4. The molecule has 3 heterocycles. The number of nitrogens with zero attached hydrogens (tertiary/aromatic N) is 3. The first kappa shape index (κ1) is 20.5. The standard InChI is InChI=1S/C22H25N3O4/c1-15(11-18(28-4)12-16(2)27-3)22(26)20-6-5-19-21(24-20)13-17(14-23-19)25-7-9-29-10-8-25/h5-6,11-14H,2,7-10H2,1,3-4H3/b15-11+,18-12+. The number of carbonyl (C=O) groups is 1. The third kappa shape index (κ3) is 5.00. The van der Waals surface area contributed by atoms with E-state index < -0.39 is 0 Å². The van der Waals surface area contributed by atoms with E-state index in [-0.39, 0.29) is 5.78 Å². The second-order valence-corrected chi connectivity index (χ2v) is 6.61. The van der Waals surface area contributed by atoms with Crippen LogP contribution in [-0.4, -0.2) is 56.3 Å². The third-order valence-electron chi connectivity index (χ3n) is 4.65. The van der Waals surface area contributed by atoms with E-state index in [1.807, 2.05) is 18.3 Å². The molecule has 2 aromatic heterocycles. The van der Waals surface area contributed by atoms with Gasteiger partial charge in [-0.1, -0.05) is 6.58 Å². The smallest absolute Gasteiger partial charge is 0.207 e. The van der Waals surface area contributed by atoms with Gasteiger partial charge in [-0.25, -0.2) is 4.98 Å². The Morgan fingerprint density at radius 3 is 2.62 bits per heavy atom. The lowest BCUT2D eigenvalue weighted by atomic mass is 10.1. The lowest BCUT2D eigenvalue weighted by Crippen LogP contribution is -2.36. The van der Waals surface area contributed by atoms with Gasteiger partial charge >= 0.3 is 0 Å². The zero-order valence-corrected chi connectivity index (χ0v) is 17.0. The zero-order valence-electron chi connectivity index (χ0n) is 17.0. The Balaban J connectivity index is 1.87. The number of ketones is 1. The normalized spacial score (nSPS) is 15.3. The summed E-state index contributed by atoms with van der Waals surface area (Å²) < 4.78 is 15.7. The van der Waals surface area contributed by atoms with E-state index in [9.17, 15) is 4.79 Å². The van der Waals surface area contributed by atoms with Crippen molar-refractivity contribution in [3.63, 3.8) is 0 Å². The van der Waals surface area contributed by atoms with Crippen LogP contribution in [0.4, 0.5) is 5.69 Å². The van der Waals surface area contributed by atoms with Crippen LogP contribution in [0.1, 0.15) is 17.4 Å². The van der Waals surface area contributed by atoms with Crippen molar-refractivity contribution in [2.75, 3.05) is 45.4 Å². The monoisotopic (exact) mass is 395 g/mol. The molecule has 1 aliphatic rings. The molecule has 0 saturated carbocycles. The minimum Gasteiger partial charge on any atom is -0.497 e. The van der Waals surface area contributed by atoms with Crippen molar-refractivity contribution in [2.45, 2.75) is 6.92 Å². The second kappa shape index (κ2) is 9.34. The Kier molecular flexibility index (Phi) is 6.61. The van der Waals surface area contributed by atoms with Gasteiger partial charge in [0.1, 0.15) is 17.2 Å². The Morgan fingerprint density at radius 1 is 1.17 bits per heavy atom. The number of ether oxygens (including phenoxy) is 3. The van der Waals surface area contributed by atoms with Gasteiger partial charge in [-0.05, 0) is 31.2 Å². The molecule has 0 unspecified atom stereocenters. The van der Waals surface area contributed by atoms with Gasteiger partial charge in [0.25, 0.3) is 0 Å². The predicted molar refractivity (Wildman–Crippen MR) is 112 cm³/mol. The number of pyridine rings is 2. The van der Waals surface area contributed by atoms with Crippen LogP contribution in [0, 0.1) is 0 Å². The third-order valence-corrected chi connectivity index (χ3v) is 4.65. The van der Waals surface area contributed by atoms with Crippen LogP contribution in [0.2, 0.25) is 0 Å². The van der Waals surface area contributed by atoms with E-state index in [1.54, 1.807) is 25.1 Å². The first-order chi connectivity index (χ1) is 14.0. The Bertz CT molecular complexity index is 975. The van der Waals surface area contributed by atoms with E-state index >= 15 is 0 Å². The number of methoxy groups -OCH3 is 2. The SMILES string of the molecule is C=C(/C=C(\C=C(/C)C(=O)c1ccc2ncc(N3CCOCC3)cc2n1)OC)OC. The first-order valence-electron chi connectivity index (χ1n) is 9.33. The molecule has 7 nitrogen and oxygen atoms in total. The number of fused-ring (bicyclic) bond motifs is 1. The summed E-state index contributed by atoms with van der Waals surface area (Å²) >= 11 is 0. The van der Waals surface area contributed by atoms with Crippen LogP contribution in [0.3, 0.4) is 0 Å². The fraction of sp³-hybridized carbons (Fsp3) is 0.318. The van der Waals surface area contributed by atoms with Crippen molar-refractivity contribution in [1.82, 2.24) is 9.97 Å². The van der Waals surface area contributed by atoms with Gasteiger partial charge in [0, 0.05) is 24.7 Å². The van der Waals surface area contributed by atoms with E-state index in [2.05, 4.69) is 21.4 Å². The molecule has 0 aliphatic carbocycles. The number of rotatable bonds is 7. The fourth-order valence-electron chi connectivity index (χ4n) is 2.97. The van der Waals surface area contributed by atoms with Crippen molar-refractivity contribution in [2.24, 2.45) is 0 Å². The van der Waals surface area contributed by atoms with Gasteiger partial charge < -0.3 is 19.1 Å². The molecule has 0 radical (unpaired) electrons. The highest BCUT2D eigenvalue weighted by Crippen LogP contribution is 2.21. The summed E-state index contributed by atoms with van der Waals surface area (Å²) in [5, 5.41) is 0. The van der Waals surface area contributed by atoms with E-state index in [0.717, 1.165) is 24.3 Å². The molecule has 7 heteroatoms. The Hall–Kier alpha value is -3.19.